The zero-order valence-electron chi connectivity index (χ0n) is 20.8. The molecule has 1 amide bonds. The van der Waals surface area contributed by atoms with Crippen molar-refractivity contribution in [1.82, 2.24) is 35.0 Å². The van der Waals surface area contributed by atoms with Crippen LogP contribution in [0.3, 0.4) is 0 Å². The predicted molar refractivity (Wildman–Crippen MR) is 140 cm³/mol. The Balaban J connectivity index is 1.19. The van der Waals surface area contributed by atoms with Gasteiger partial charge in [-0.25, -0.2) is 24.0 Å². The SMILES string of the molecule is COc1ccc(-n2cc(-c3cc(F)cc(CNC(=O)c4ncnc5nc(C6CCCC6)[nH]c45)c3)cn2)cc1. The number of methoxy groups -OCH3 is 1. The minimum absolute atomic E-state index is 0.130. The summed E-state index contributed by atoms with van der Waals surface area (Å²) in [6.07, 6.45) is 9.37. The molecular weight excluding hydrogens is 485 g/mol. The number of imidazole rings is 1. The monoisotopic (exact) mass is 511 g/mol. The number of halogens is 1. The van der Waals surface area contributed by atoms with E-state index >= 15 is 0 Å². The second-order valence-electron chi connectivity index (χ2n) is 9.43. The Kier molecular flexibility index (Phi) is 6.28. The Morgan fingerprint density at radius 1 is 1.13 bits per heavy atom. The smallest absolute Gasteiger partial charge is 0.272 e. The maximum absolute atomic E-state index is 14.5. The van der Waals surface area contributed by atoms with Crippen LogP contribution in [-0.4, -0.2) is 42.7 Å². The van der Waals surface area contributed by atoms with E-state index in [2.05, 4.69) is 30.4 Å². The van der Waals surface area contributed by atoms with Gasteiger partial charge in [0.15, 0.2) is 11.3 Å². The number of hydrogen-bond donors (Lipinski definition) is 2. The Labute approximate surface area is 218 Å². The number of ether oxygens (including phenoxy) is 1. The average Bonchev–Trinajstić information content (AvgIpc) is 3.72. The summed E-state index contributed by atoms with van der Waals surface area (Å²) < 4.78 is 21.5. The molecule has 0 aliphatic heterocycles. The number of hydrogen-bond acceptors (Lipinski definition) is 6. The summed E-state index contributed by atoms with van der Waals surface area (Å²) in [5.74, 6) is 1.19. The van der Waals surface area contributed by atoms with Crippen LogP contribution in [0.25, 0.3) is 28.0 Å². The number of benzene rings is 2. The molecule has 1 saturated carbocycles. The number of carbonyl (C=O) groups is 1. The van der Waals surface area contributed by atoms with E-state index < -0.39 is 5.82 Å². The summed E-state index contributed by atoms with van der Waals surface area (Å²) in [7, 11) is 1.61. The van der Waals surface area contributed by atoms with Gasteiger partial charge < -0.3 is 15.0 Å². The molecule has 2 N–H and O–H groups in total. The first-order valence-electron chi connectivity index (χ1n) is 12.5. The van der Waals surface area contributed by atoms with Crippen LogP contribution in [0.4, 0.5) is 4.39 Å². The summed E-state index contributed by atoms with van der Waals surface area (Å²) in [4.78, 5) is 29.3. The molecule has 0 atom stereocenters. The summed E-state index contributed by atoms with van der Waals surface area (Å²) in [5, 5.41) is 7.27. The van der Waals surface area contributed by atoms with Crippen molar-refractivity contribution >= 4 is 17.1 Å². The van der Waals surface area contributed by atoms with Crippen LogP contribution in [0.2, 0.25) is 0 Å². The second-order valence-corrected chi connectivity index (χ2v) is 9.43. The molecule has 1 aliphatic rings. The van der Waals surface area contributed by atoms with Crippen LogP contribution in [-0.2, 0) is 6.54 Å². The molecule has 38 heavy (non-hydrogen) atoms. The molecule has 2 aromatic carbocycles. The molecule has 192 valence electrons. The first-order chi connectivity index (χ1) is 18.6. The topological polar surface area (TPSA) is 111 Å². The van der Waals surface area contributed by atoms with Crippen molar-refractivity contribution < 1.29 is 13.9 Å². The van der Waals surface area contributed by atoms with Crippen LogP contribution in [0.5, 0.6) is 5.75 Å². The van der Waals surface area contributed by atoms with E-state index in [-0.39, 0.29) is 18.1 Å². The largest absolute Gasteiger partial charge is 0.497 e. The minimum Gasteiger partial charge on any atom is -0.497 e. The summed E-state index contributed by atoms with van der Waals surface area (Å²) in [6, 6.07) is 12.2. The Morgan fingerprint density at radius 3 is 2.74 bits per heavy atom. The Morgan fingerprint density at radius 2 is 1.95 bits per heavy atom. The van der Waals surface area contributed by atoms with E-state index in [1.54, 1.807) is 18.0 Å². The lowest BCUT2D eigenvalue weighted by Crippen LogP contribution is -2.24. The lowest BCUT2D eigenvalue weighted by molar-refractivity contribution is 0.0947. The molecule has 10 heteroatoms. The van der Waals surface area contributed by atoms with Gasteiger partial charge in [0, 0.05) is 24.2 Å². The van der Waals surface area contributed by atoms with Gasteiger partial charge in [0.25, 0.3) is 5.91 Å². The normalized spacial score (nSPS) is 13.7. The maximum atomic E-state index is 14.5. The van der Waals surface area contributed by atoms with Crippen molar-refractivity contribution in [1.29, 1.82) is 0 Å². The summed E-state index contributed by atoms with van der Waals surface area (Å²) in [5.41, 5.74) is 4.12. The summed E-state index contributed by atoms with van der Waals surface area (Å²) >= 11 is 0. The third kappa shape index (κ3) is 4.72. The summed E-state index contributed by atoms with van der Waals surface area (Å²) in [6.45, 7) is 0.130. The maximum Gasteiger partial charge on any atom is 0.272 e. The number of nitrogens with one attached hydrogen (secondary N) is 2. The second kappa shape index (κ2) is 10.0. The fourth-order valence-corrected chi connectivity index (χ4v) is 4.94. The third-order valence-corrected chi connectivity index (χ3v) is 6.93. The number of rotatable bonds is 7. The van der Waals surface area contributed by atoms with E-state index in [0.717, 1.165) is 35.7 Å². The van der Waals surface area contributed by atoms with Gasteiger partial charge in [-0.05, 0) is 66.4 Å². The number of fused-ring (bicyclic) bond motifs is 1. The standard InChI is InChI=1S/C28H26FN7O2/c1-38-23-8-6-22(7-9-23)36-15-20(14-33-36)19-10-17(11-21(29)12-19)13-30-28(37)25-24-27(32-16-31-25)35-26(34-24)18-4-2-3-5-18/h6-12,14-16,18H,2-5,13H2,1H3,(H,30,37)(H,31,32,34,35). The fraction of sp³-hybridized carbons (Fsp3) is 0.250. The fourth-order valence-electron chi connectivity index (χ4n) is 4.94. The van der Waals surface area contributed by atoms with Crippen LogP contribution < -0.4 is 10.1 Å². The third-order valence-electron chi connectivity index (χ3n) is 6.93. The van der Waals surface area contributed by atoms with Gasteiger partial charge in [0.1, 0.15) is 29.2 Å². The van der Waals surface area contributed by atoms with Crippen molar-refractivity contribution in [2.75, 3.05) is 7.11 Å². The molecule has 1 fully saturated rings. The number of H-pyrrole nitrogens is 1. The molecule has 0 unspecified atom stereocenters. The van der Waals surface area contributed by atoms with Gasteiger partial charge in [0.2, 0.25) is 0 Å². The van der Waals surface area contributed by atoms with Gasteiger partial charge in [-0.15, -0.1) is 0 Å². The zero-order chi connectivity index (χ0) is 26.1. The van der Waals surface area contributed by atoms with Crippen molar-refractivity contribution in [2.45, 2.75) is 38.1 Å². The quantitative estimate of drug-likeness (QED) is 0.320. The molecule has 1 aliphatic carbocycles. The van der Waals surface area contributed by atoms with Crippen LogP contribution in [0, 0.1) is 5.82 Å². The highest BCUT2D eigenvalue weighted by atomic mass is 19.1. The first kappa shape index (κ1) is 23.8. The number of carbonyl (C=O) groups excluding carboxylic acids is 1. The van der Waals surface area contributed by atoms with E-state index in [4.69, 9.17) is 4.74 Å². The van der Waals surface area contributed by atoms with Gasteiger partial charge >= 0.3 is 0 Å². The van der Waals surface area contributed by atoms with Crippen molar-refractivity contribution in [2.24, 2.45) is 0 Å². The highest BCUT2D eigenvalue weighted by Gasteiger charge is 2.23. The zero-order valence-corrected chi connectivity index (χ0v) is 20.8. The number of nitrogens with zero attached hydrogens (tertiary/aromatic N) is 5. The van der Waals surface area contributed by atoms with E-state index in [0.29, 0.717) is 28.2 Å². The van der Waals surface area contributed by atoms with Gasteiger partial charge in [0.05, 0.1) is 19.0 Å². The molecule has 9 nitrogen and oxygen atoms in total. The molecular formula is C28H26FN7O2. The van der Waals surface area contributed by atoms with E-state index in [1.807, 2.05) is 36.5 Å². The van der Waals surface area contributed by atoms with Crippen LogP contribution in [0.15, 0.2) is 61.2 Å². The lowest BCUT2D eigenvalue weighted by Gasteiger charge is -2.08. The number of aromatic amines is 1. The molecule has 0 saturated heterocycles. The molecule has 5 aromatic rings. The first-order valence-corrected chi connectivity index (χ1v) is 12.5. The molecule has 3 aromatic heterocycles. The average molecular weight is 512 g/mol. The minimum atomic E-state index is -0.400. The molecule has 0 radical (unpaired) electrons. The lowest BCUT2D eigenvalue weighted by atomic mass is 10.1. The van der Waals surface area contributed by atoms with Gasteiger partial charge in [-0.1, -0.05) is 12.8 Å². The Bertz CT molecular complexity index is 1600. The van der Waals surface area contributed by atoms with Crippen molar-refractivity contribution in [3.63, 3.8) is 0 Å². The molecule has 0 spiro atoms. The van der Waals surface area contributed by atoms with Gasteiger partial charge in [-0.2, -0.15) is 5.10 Å². The van der Waals surface area contributed by atoms with Crippen molar-refractivity contribution in [3.05, 3.63) is 84.1 Å². The van der Waals surface area contributed by atoms with E-state index in [1.165, 1.54) is 31.3 Å². The van der Waals surface area contributed by atoms with Crippen molar-refractivity contribution in [3.8, 4) is 22.6 Å². The molecule has 0 bridgehead atoms. The predicted octanol–water partition coefficient (Wildman–Crippen LogP) is 4.94. The van der Waals surface area contributed by atoms with Crippen LogP contribution in [0.1, 0.15) is 53.5 Å². The van der Waals surface area contributed by atoms with Gasteiger partial charge in [-0.3, -0.25) is 4.79 Å². The Hall–Kier alpha value is -4.60. The van der Waals surface area contributed by atoms with E-state index in [9.17, 15) is 9.18 Å². The van der Waals surface area contributed by atoms with Crippen LogP contribution >= 0.6 is 0 Å². The number of aromatic nitrogens is 6. The molecule has 3 heterocycles. The highest BCUT2D eigenvalue weighted by Crippen LogP contribution is 2.33. The highest BCUT2D eigenvalue weighted by molar-refractivity contribution is 6.02. The molecule has 6 rings (SSSR count). The number of amides is 1.